The Kier molecular flexibility index (Phi) is 8.44. The van der Waals surface area contributed by atoms with Gasteiger partial charge in [-0.05, 0) is 62.6 Å². The number of nitrogens with zero attached hydrogens (tertiary/aromatic N) is 5. The molecule has 2 aromatic carbocycles. The normalized spacial score (nSPS) is 24.1. The summed E-state index contributed by atoms with van der Waals surface area (Å²) in [5, 5.41) is 21.6. The first-order valence-electron chi connectivity index (χ1n) is 15.4. The topological polar surface area (TPSA) is 120 Å². The SMILES string of the molecule is CCC(O)(c1cc(F)c2c(c1)C(=O)N(Cc1ncc(C#N)cn1)[C@@]2(O[C@H]1CCC(=O)C1)c1ccc(Cl)cc1)C1(F)CCN(C)CC1. The van der Waals surface area contributed by atoms with Crippen molar-refractivity contribution in [3.63, 3.8) is 0 Å². The second-order valence-corrected chi connectivity index (χ2v) is 12.9. The molecule has 1 saturated carbocycles. The zero-order valence-corrected chi connectivity index (χ0v) is 26.4. The fourth-order valence-corrected chi connectivity index (χ4v) is 7.18. The Bertz CT molecular complexity index is 1710. The number of fused-ring (bicyclic) bond motifs is 1. The molecule has 2 aliphatic heterocycles. The van der Waals surface area contributed by atoms with Crippen LogP contribution < -0.4 is 0 Å². The number of aromatic nitrogens is 2. The highest BCUT2D eigenvalue weighted by atomic mass is 35.5. The van der Waals surface area contributed by atoms with Gasteiger partial charge in [0.15, 0.2) is 0 Å². The summed E-state index contributed by atoms with van der Waals surface area (Å²) in [6, 6.07) is 10.9. The maximum Gasteiger partial charge on any atom is 0.257 e. The monoisotopic (exact) mass is 649 g/mol. The number of alkyl halides is 1. The Morgan fingerprint density at radius 2 is 1.85 bits per heavy atom. The molecule has 3 aliphatic rings. The summed E-state index contributed by atoms with van der Waals surface area (Å²) in [7, 11) is 1.87. The number of rotatable bonds is 8. The highest BCUT2D eigenvalue weighted by molar-refractivity contribution is 6.30. The molecular formula is C34H34ClF2N5O4. The average molecular weight is 650 g/mol. The van der Waals surface area contributed by atoms with Crippen LogP contribution in [0, 0.1) is 17.1 Å². The van der Waals surface area contributed by atoms with Crippen molar-refractivity contribution in [1.29, 1.82) is 5.26 Å². The van der Waals surface area contributed by atoms with Gasteiger partial charge in [0.05, 0.1) is 29.3 Å². The lowest BCUT2D eigenvalue weighted by Gasteiger charge is -2.46. The summed E-state index contributed by atoms with van der Waals surface area (Å²) >= 11 is 6.24. The third-order valence-electron chi connectivity index (χ3n) is 9.70. The number of carbonyl (C=O) groups excluding carboxylic acids is 2. The van der Waals surface area contributed by atoms with Crippen LogP contribution in [0.3, 0.4) is 0 Å². The summed E-state index contributed by atoms with van der Waals surface area (Å²) in [6.45, 7) is 2.21. The molecule has 12 heteroatoms. The van der Waals surface area contributed by atoms with Gasteiger partial charge in [0.1, 0.15) is 34.8 Å². The van der Waals surface area contributed by atoms with E-state index in [2.05, 4.69) is 9.97 Å². The molecule has 3 heterocycles. The van der Waals surface area contributed by atoms with Crippen LogP contribution in [-0.4, -0.2) is 68.5 Å². The number of amides is 1. The summed E-state index contributed by atoms with van der Waals surface area (Å²) < 4.78 is 40.3. The van der Waals surface area contributed by atoms with E-state index in [1.807, 2.05) is 18.0 Å². The molecule has 1 amide bonds. The van der Waals surface area contributed by atoms with Crippen LogP contribution in [0.25, 0.3) is 0 Å². The van der Waals surface area contributed by atoms with Crippen molar-refractivity contribution in [1.82, 2.24) is 19.8 Å². The predicted molar refractivity (Wildman–Crippen MR) is 164 cm³/mol. The molecule has 1 N–H and O–H groups in total. The van der Waals surface area contributed by atoms with Gasteiger partial charge in [-0.3, -0.25) is 14.5 Å². The second kappa shape index (κ2) is 12.1. The summed E-state index contributed by atoms with van der Waals surface area (Å²) in [4.78, 5) is 38.6. The number of Topliss-reactive ketones (excluding diaryl/α,β-unsaturated/α-hetero) is 1. The molecule has 46 heavy (non-hydrogen) atoms. The van der Waals surface area contributed by atoms with Gasteiger partial charge in [-0.15, -0.1) is 0 Å². The first-order chi connectivity index (χ1) is 21.9. The highest BCUT2D eigenvalue weighted by Gasteiger charge is 2.58. The maximum atomic E-state index is 16.9. The number of halogens is 3. The minimum atomic E-state index is -2.07. The fraction of sp³-hybridized carbons (Fsp3) is 0.441. The molecule has 1 saturated heterocycles. The lowest BCUT2D eigenvalue weighted by atomic mass is 9.71. The molecule has 0 radical (unpaired) electrons. The van der Waals surface area contributed by atoms with Gasteiger partial charge < -0.3 is 14.7 Å². The van der Waals surface area contributed by atoms with E-state index in [1.54, 1.807) is 31.2 Å². The fourth-order valence-electron chi connectivity index (χ4n) is 7.06. The number of carbonyl (C=O) groups is 2. The molecule has 1 aromatic heterocycles. The van der Waals surface area contributed by atoms with E-state index in [1.165, 1.54) is 23.4 Å². The van der Waals surface area contributed by atoms with Crippen LogP contribution in [0.5, 0.6) is 0 Å². The summed E-state index contributed by atoms with van der Waals surface area (Å²) in [5.41, 5.74) is -5.70. The van der Waals surface area contributed by atoms with E-state index in [-0.39, 0.29) is 72.5 Å². The van der Waals surface area contributed by atoms with E-state index >= 15 is 8.78 Å². The summed E-state index contributed by atoms with van der Waals surface area (Å²) in [5.74, 6) is -1.38. The van der Waals surface area contributed by atoms with Crippen molar-refractivity contribution < 1.29 is 28.2 Å². The number of hydrogen-bond donors (Lipinski definition) is 1. The molecule has 2 fully saturated rings. The van der Waals surface area contributed by atoms with E-state index in [9.17, 15) is 20.0 Å². The van der Waals surface area contributed by atoms with Gasteiger partial charge in [0, 0.05) is 48.9 Å². The third kappa shape index (κ3) is 5.27. The van der Waals surface area contributed by atoms with Crippen LogP contribution in [-0.2, 0) is 27.4 Å². The Balaban J connectivity index is 1.56. The Hall–Kier alpha value is -3.82. The van der Waals surface area contributed by atoms with Crippen LogP contribution in [0.4, 0.5) is 8.78 Å². The minimum absolute atomic E-state index is 0.0158. The predicted octanol–water partition coefficient (Wildman–Crippen LogP) is 5.17. The van der Waals surface area contributed by atoms with Crippen LogP contribution in [0.2, 0.25) is 5.02 Å². The van der Waals surface area contributed by atoms with E-state index < -0.39 is 34.8 Å². The molecule has 6 rings (SSSR count). The molecule has 0 bridgehead atoms. The maximum absolute atomic E-state index is 16.9. The number of hydrogen-bond acceptors (Lipinski definition) is 8. The molecule has 3 atom stereocenters. The number of aliphatic hydroxyl groups is 1. The van der Waals surface area contributed by atoms with Gasteiger partial charge in [-0.2, -0.15) is 5.26 Å². The number of piperidine rings is 1. The smallest absolute Gasteiger partial charge is 0.257 e. The zero-order chi connectivity index (χ0) is 32.9. The molecular weight excluding hydrogens is 616 g/mol. The molecule has 3 aromatic rings. The van der Waals surface area contributed by atoms with Crippen molar-refractivity contribution >= 4 is 23.3 Å². The van der Waals surface area contributed by atoms with E-state index in [4.69, 9.17) is 16.3 Å². The van der Waals surface area contributed by atoms with Crippen molar-refractivity contribution in [3.05, 3.63) is 93.3 Å². The molecule has 0 spiro atoms. The van der Waals surface area contributed by atoms with Crippen LogP contribution in [0.1, 0.15) is 83.9 Å². The Labute approximate surface area is 270 Å². The van der Waals surface area contributed by atoms with Crippen molar-refractivity contribution in [2.45, 2.75) is 75.1 Å². The number of nitriles is 1. The van der Waals surface area contributed by atoms with Crippen molar-refractivity contribution in [2.24, 2.45) is 0 Å². The van der Waals surface area contributed by atoms with Gasteiger partial charge >= 0.3 is 0 Å². The van der Waals surface area contributed by atoms with E-state index in [0.29, 0.717) is 30.1 Å². The highest BCUT2D eigenvalue weighted by Crippen LogP contribution is 2.52. The third-order valence-corrected chi connectivity index (χ3v) is 9.95. The molecule has 1 aliphatic carbocycles. The first-order valence-corrected chi connectivity index (χ1v) is 15.7. The number of likely N-dealkylation sites (tertiary alicyclic amines) is 1. The number of benzene rings is 2. The molecule has 9 nitrogen and oxygen atoms in total. The lowest BCUT2D eigenvalue weighted by molar-refractivity contribution is -0.149. The number of ether oxygens (including phenoxy) is 1. The lowest BCUT2D eigenvalue weighted by Crippen LogP contribution is -2.54. The average Bonchev–Trinajstić information content (AvgIpc) is 3.57. The van der Waals surface area contributed by atoms with Gasteiger partial charge in [0.25, 0.3) is 5.91 Å². The van der Waals surface area contributed by atoms with E-state index in [0.717, 1.165) is 6.07 Å². The number of ketones is 1. The minimum Gasteiger partial charge on any atom is -0.382 e. The van der Waals surface area contributed by atoms with Crippen molar-refractivity contribution in [2.75, 3.05) is 20.1 Å². The summed E-state index contributed by atoms with van der Waals surface area (Å²) in [6.07, 6.45) is 2.74. The van der Waals surface area contributed by atoms with Gasteiger partial charge in [-0.25, -0.2) is 18.7 Å². The van der Waals surface area contributed by atoms with Crippen molar-refractivity contribution in [3.8, 4) is 6.07 Å². The Morgan fingerprint density at radius 1 is 1.17 bits per heavy atom. The van der Waals surface area contributed by atoms with Crippen LogP contribution in [0.15, 0.2) is 48.8 Å². The largest absolute Gasteiger partial charge is 0.382 e. The first kappa shape index (κ1) is 32.1. The molecule has 1 unspecified atom stereocenters. The standard InChI is InChI=1S/C34H34ClF2N5O4/c1-3-33(45,32(37)10-12-41(2)13-11-32)23-14-27-30(28(36)15-23)34(22-4-6-24(35)7-5-22,46-26-9-8-25(43)16-26)42(31(27)44)20-29-39-18-21(17-38)19-40-29/h4-7,14-15,18-19,26,45H,3,8-13,16,20H2,1-2H3/t26-,33?,34+/m0/s1. The second-order valence-electron chi connectivity index (χ2n) is 12.4. The van der Waals surface area contributed by atoms with Gasteiger partial charge in [0.2, 0.25) is 5.72 Å². The Morgan fingerprint density at radius 3 is 2.43 bits per heavy atom. The van der Waals surface area contributed by atoms with Crippen LogP contribution >= 0.6 is 11.6 Å². The molecule has 240 valence electrons. The van der Waals surface area contributed by atoms with Gasteiger partial charge in [-0.1, -0.05) is 30.7 Å². The zero-order valence-electron chi connectivity index (χ0n) is 25.6. The quantitative estimate of drug-likeness (QED) is 0.355.